The highest BCUT2D eigenvalue weighted by atomic mass is 31.2. The third kappa shape index (κ3) is 13.0. The van der Waals surface area contributed by atoms with E-state index in [1.54, 1.807) is 26.7 Å². The molecule has 0 aliphatic heterocycles. The molecule has 0 bridgehead atoms. The number of rotatable bonds is 6. The summed E-state index contributed by atoms with van der Waals surface area (Å²) in [5, 5.41) is 0.0127. The topological polar surface area (TPSA) is 129 Å². The third-order valence-electron chi connectivity index (χ3n) is 11.3. The van der Waals surface area contributed by atoms with Crippen molar-refractivity contribution in [1.82, 2.24) is 29.9 Å². The van der Waals surface area contributed by atoms with Gasteiger partial charge in [0.1, 0.15) is 37.7 Å². The van der Waals surface area contributed by atoms with Gasteiger partial charge in [0.2, 0.25) is 0 Å². The number of hydrogen-bond acceptors (Lipinski definition) is 9. The Morgan fingerprint density at radius 3 is 0.778 bits per heavy atom. The zero-order chi connectivity index (χ0) is 47.9. The van der Waals surface area contributed by atoms with E-state index < -0.39 is 45.2 Å². The van der Waals surface area contributed by atoms with Gasteiger partial charge in [0.15, 0.2) is 0 Å². The molecule has 0 aliphatic rings. The zero-order valence-corrected chi connectivity index (χ0v) is 46.9. The molecule has 6 rings (SSSR count). The molecule has 15 heteroatoms. The largest absolute Gasteiger partial charge is 0.318 e. The molecular formula is C48H72N6O3P6. The molecule has 3 heterocycles. The van der Waals surface area contributed by atoms with Gasteiger partial charge < -0.3 is 13.7 Å². The van der Waals surface area contributed by atoms with Gasteiger partial charge >= 0.3 is 0 Å². The van der Waals surface area contributed by atoms with E-state index in [4.69, 9.17) is 19.9 Å². The Labute approximate surface area is 382 Å². The van der Waals surface area contributed by atoms with E-state index in [9.17, 15) is 13.7 Å². The second-order valence-corrected chi connectivity index (χ2v) is 39.6. The minimum atomic E-state index is -2.65. The molecule has 0 N–H and O–H groups in total. The molecule has 0 unspecified atom stereocenters. The van der Waals surface area contributed by atoms with Gasteiger partial charge in [-0.25, -0.2) is 29.9 Å². The minimum absolute atomic E-state index is 0.0963. The standard InChI is InChI=1S/C18H28N2OP2.2C15H22N2OP2/c1-17(2,3)22(7)15-16(23(8,21)18(4,5)6)20-14-12-10-9-11-13(14)19-15;2*1-15(2,3)19(4)13-14(20(5,6)18)17-12-10-8-7-9-11(12)16-13/h9-12H,1-8H3;2*7-10H,1-6H3/t22-,23+;2*19-/m000/s1. The second-order valence-electron chi connectivity index (χ2n) is 21.1. The van der Waals surface area contributed by atoms with Crippen LogP contribution in [-0.2, 0) is 13.7 Å². The Bertz CT molecular complexity index is 2620. The molecule has 4 atom stereocenters. The summed E-state index contributed by atoms with van der Waals surface area (Å²) in [7, 11) is -9.14. The van der Waals surface area contributed by atoms with Crippen molar-refractivity contribution in [2.24, 2.45) is 0 Å². The van der Waals surface area contributed by atoms with Crippen molar-refractivity contribution in [3.05, 3.63) is 72.8 Å². The van der Waals surface area contributed by atoms with Crippen LogP contribution in [-0.4, -0.2) is 104 Å². The lowest BCUT2D eigenvalue weighted by atomic mass is 10.3. The van der Waals surface area contributed by atoms with Crippen molar-refractivity contribution in [3.8, 4) is 0 Å². The van der Waals surface area contributed by atoms with Gasteiger partial charge in [0.25, 0.3) is 0 Å². The van der Waals surface area contributed by atoms with Crippen LogP contribution in [0.25, 0.3) is 33.1 Å². The predicted molar refractivity (Wildman–Crippen MR) is 286 cm³/mol. The van der Waals surface area contributed by atoms with Crippen LogP contribution >= 0.6 is 45.2 Å². The first kappa shape index (κ1) is 53.3. The van der Waals surface area contributed by atoms with Crippen LogP contribution in [0.4, 0.5) is 0 Å². The Hall–Kier alpha value is -2.34. The SMILES string of the molecule is C[P@@](c1nc2ccccc2nc1P(C)(C)=O)C(C)(C)C.C[P@@](c1nc2ccccc2nc1P(C)(C)=O)C(C)(C)C.C[P@@](c1nc2ccccc2nc1[P@@](C)(=O)C(C)(C)C)C(C)(C)C. The van der Waals surface area contributed by atoms with E-state index in [0.717, 1.165) is 54.8 Å². The van der Waals surface area contributed by atoms with Gasteiger partial charge in [-0.2, -0.15) is 0 Å². The summed E-state index contributed by atoms with van der Waals surface area (Å²) in [5.41, 5.74) is 10.1. The molecule has 0 fully saturated rings. The maximum Gasteiger partial charge on any atom is 0.137 e. The van der Waals surface area contributed by atoms with Crippen LogP contribution in [0, 0.1) is 0 Å². The van der Waals surface area contributed by atoms with Crippen molar-refractivity contribution in [2.45, 2.75) is 104 Å². The summed E-state index contributed by atoms with van der Waals surface area (Å²) < 4.78 is 38.9. The summed E-state index contributed by atoms with van der Waals surface area (Å²) in [6, 6.07) is 23.5. The molecule has 0 saturated heterocycles. The van der Waals surface area contributed by atoms with Crippen molar-refractivity contribution in [3.63, 3.8) is 0 Å². The van der Waals surface area contributed by atoms with Gasteiger partial charge in [-0.15, -0.1) is 0 Å². The highest BCUT2D eigenvalue weighted by Crippen LogP contribution is 2.55. The van der Waals surface area contributed by atoms with Crippen LogP contribution in [0.3, 0.4) is 0 Å². The quantitative estimate of drug-likeness (QED) is 0.150. The first-order valence-corrected chi connectivity index (χ1v) is 34.0. The number of aromatic nitrogens is 6. The normalized spacial score (nSPS) is 15.4. The van der Waals surface area contributed by atoms with E-state index in [0.29, 0.717) is 10.9 Å². The smallest absolute Gasteiger partial charge is 0.137 e. The number of nitrogens with zero attached hydrogens (tertiary/aromatic N) is 6. The second kappa shape index (κ2) is 19.5. The third-order valence-corrected chi connectivity index (χ3v) is 27.0. The summed E-state index contributed by atoms with van der Waals surface area (Å²) in [6.45, 7) is 41.6. The monoisotopic (exact) mass is 966 g/mol. The Morgan fingerprint density at radius 2 is 0.571 bits per heavy atom. The number of fused-ring (bicyclic) bond motifs is 3. The molecule has 0 radical (unpaired) electrons. The van der Waals surface area contributed by atoms with E-state index in [-0.39, 0.29) is 20.6 Å². The zero-order valence-electron chi connectivity index (χ0n) is 41.5. The molecular weight excluding hydrogens is 894 g/mol. The van der Waals surface area contributed by atoms with Crippen molar-refractivity contribution in [1.29, 1.82) is 0 Å². The first-order valence-electron chi connectivity index (χ1n) is 21.3. The van der Waals surface area contributed by atoms with Crippen LogP contribution in [0.2, 0.25) is 0 Å². The molecule has 6 aromatic rings. The van der Waals surface area contributed by atoms with Crippen LogP contribution in [0.15, 0.2) is 72.8 Å². The maximum atomic E-state index is 13.6. The fourth-order valence-corrected chi connectivity index (χ4v) is 16.1. The molecule has 0 aliphatic carbocycles. The summed E-state index contributed by atoms with van der Waals surface area (Å²) in [6.07, 6.45) is 0. The molecule has 9 nitrogen and oxygen atoms in total. The highest BCUT2D eigenvalue weighted by Gasteiger charge is 2.40. The van der Waals surface area contributed by atoms with E-state index >= 15 is 0 Å². The maximum absolute atomic E-state index is 13.6. The molecule has 3 aromatic heterocycles. The Morgan fingerprint density at radius 1 is 0.365 bits per heavy atom. The first-order chi connectivity index (χ1) is 28.6. The van der Waals surface area contributed by atoms with E-state index in [1.165, 1.54) is 0 Å². The van der Waals surface area contributed by atoms with E-state index in [1.807, 2.05) is 100 Å². The lowest BCUT2D eigenvalue weighted by molar-refractivity contribution is 0.560. The molecule has 342 valence electrons. The van der Waals surface area contributed by atoms with Gasteiger partial charge in [-0.3, -0.25) is 0 Å². The molecule has 63 heavy (non-hydrogen) atoms. The summed E-state index contributed by atoms with van der Waals surface area (Å²) in [5.74, 6) is 0. The molecule has 0 spiro atoms. The lowest BCUT2D eigenvalue weighted by Gasteiger charge is -2.33. The van der Waals surface area contributed by atoms with Crippen LogP contribution in [0.5, 0.6) is 0 Å². The van der Waals surface area contributed by atoms with Gasteiger partial charge in [0, 0.05) is 5.16 Å². The molecule has 0 amide bonds. The van der Waals surface area contributed by atoms with Crippen molar-refractivity contribution in [2.75, 3.05) is 53.3 Å². The average molecular weight is 967 g/mol. The van der Waals surface area contributed by atoms with Crippen molar-refractivity contribution >= 4 is 111 Å². The number of hydrogen-bond donors (Lipinski definition) is 0. The summed E-state index contributed by atoms with van der Waals surface area (Å²) >= 11 is 0. The number of benzene rings is 3. The molecule has 0 saturated carbocycles. The molecule has 3 aromatic carbocycles. The van der Waals surface area contributed by atoms with Crippen LogP contribution < -0.4 is 32.6 Å². The van der Waals surface area contributed by atoms with Gasteiger partial charge in [-0.1, -0.05) is 143 Å². The fraction of sp³-hybridized carbons (Fsp3) is 0.500. The van der Waals surface area contributed by atoms with Gasteiger partial charge in [-0.05, 0) is 105 Å². The van der Waals surface area contributed by atoms with Crippen LogP contribution in [0.1, 0.15) is 83.1 Å². The highest BCUT2D eigenvalue weighted by molar-refractivity contribution is 7.76. The van der Waals surface area contributed by atoms with Crippen molar-refractivity contribution < 1.29 is 13.7 Å². The minimum Gasteiger partial charge on any atom is -0.318 e. The van der Waals surface area contributed by atoms with Gasteiger partial charge in [0.05, 0.1) is 49.4 Å². The van der Waals surface area contributed by atoms with E-state index in [2.05, 4.69) is 92.3 Å². The lowest BCUT2D eigenvalue weighted by Crippen LogP contribution is -2.38. The Kier molecular flexibility index (Phi) is 16.5. The predicted octanol–water partition coefficient (Wildman–Crippen LogP) is 11.4. The average Bonchev–Trinajstić information content (AvgIpc) is 3.16. The Balaban J connectivity index is 0.000000208. The number of para-hydroxylation sites is 6. The fourth-order valence-electron chi connectivity index (χ4n) is 5.90. The summed E-state index contributed by atoms with van der Waals surface area (Å²) in [4.78, 5) is 28.7.